The van der Waals surface area contributed by atoms with E-state index < -0.39 is 5.54 Å². The third kappa shape index (κ3) is 2.01. The van der Waals surface area contributed by atoms with Gasteiger partial charge in [0.2, 0.25) is 0 Å². The second-order valence-corrected chi connectivity index (χ2v) is 6.44. The molecule has 0 atom stereocenters. The third-order valence-corrected chi connectivity index (χ3v) is 5.04. The van der Waals surface area contributed by atoms with E-state index in [0.717, 1.165) is 15.2 Å². The number of rotatable bonds is 3. The molecule has 4 rings (SSSR count). The zero-order valence-corrected chi connectivity index (χ0v) is 12.8. The first-order valence-electron chi connectivity index (χ1n) is 6.91. The summed E-state index contributed by atoms with van der Waals surface area (Å²) in [5.74, 6) is -0.164. The second kappa shape index (κ2) is 4.89. The molecule has 0 radical (unpaired) electrons. The maximum absolute atomic E-state index is 12.5. The third-order valence-electron chi connectivity index (χ3n) is 3.80. The van der Waals surface area contributed by atoms with Gasteiger partial charge in [0.05, 0.1) is 36.0 Å². The molecule has 112 valence electrons. The van der Waals surface area contributed by atoms with Crippen LogP contribution in [0.4, 0.5) is 0 Å². The van der Waals surface area contributed by atoms with Crippen LogP contribution >= 0.6 is 11.3 Å². The summed E-state index contributed by atoms with van der Waals surface area (Å²) >= 11 is 1.60. The van der Waals surface area contributed by atoms with Crippen LogP contribution in [0.15, 0.2) is 36.8 Å². The molecule has 22 heavy (non-hydrogen) atoms. The number of benzene rings is 1. The number of hydrogen-bond acceptors (Lipinski definition) is 5. The lowest BCUT2D eigenvalue weighted by Crippen LogP contribution is -2.59. The number of aryl methyl sites for hydroxylation is 1. The molecule has 1 saturated heterocycles. The number of hydrogen-bond donors (Lipinski definition) is 1. The van der Waals surface area contributed by atoms with Crippen molar-refractivity contribution in [1.29, 1.82) is 0 Å². The number of aromatic nitrogens is 3. The highest BCUT2D eigenvalue weighted by Crippen LogP contribution is 2.35. The summed E-state index contributed by atoms with van der Waals surface area (Å²) in [4.78, 5) is 21.1. The molecular weight excluding hydrogens is 300 g/mol. The fraction of sp³-hybridized carbons (Fsp3) is 0.267. The highest BCUT2D eigenvalue weighted by molar-refractivity contribution is 7.18. The molecule has 1 fully saturated rings. The van der Waals surface area contributed by atoms with E-state index in [-0.39, 0.29) is 5.91 Å². The second-order valence-electron chi connectivity index (χ2n) is 5.41. The Labute approximate surface area is 130 Å². The number of imidazole rings is 1. The van der Waals surface area contributed by atoms with Gasteiger partial charge in [-0.1, -0.05) is 12.1 Å². The molecule has 0 bridgehead atoms. The van der Waals surface area contributed by atoms with E-state index in [4.69, 9.17) is 4.74 Å². The number of thiazole rings is 1. The van der Waals surface area contributed by atoms with E-state index in [9.17, 15) is 4.79 Å². The molecule has 1 N–H and O–H groups in total. The Morgan fingerprint density at radius 3 is 2.86 bits per heavy atom. The Bertz CT molecular complexity index is 817. The van der Waals surface area contributed by atoms with E-state index >= 15 is 0 Å². The summed E-state index contributed by atoms with van der Waals surface area (Å²) in [7, 11) is 1.80. The fourth-order valence-electron chi connectivity index (χ4n) is 2.49. The van der Waals surface area contributed by atoms with E-state index in [0.29, 0.717) is 18.9 Å². The smallest absolute Gasteiger partial charge is 0.270 e. The molecule has 0 aliphatic carbocycles. The molecule has 1 amide bonds. The molecule has 6 nitrogen and oxygen atoms in total. The lowest BCUT2D eigenvalue weighted by atomic mass is 9.98. The summed E-state index contributed by atoms with van der Waals surface area (Å²) < 4.78 is 8.17. The Morgan fingerprint density at radius 2 is 2.23 bits per heavy atom. The van der Waals surface area contributed by atoms with Gasteiger partial charge in [0, 0.05) is 7.05 Å². The van der Waals surface area contributed by atoms with Crippen LogP contribution in [0.5, 0.6) is 0 Å². The lowest BCUT2D eigenvalue weighted by molar-refractivity contribution is -0.0734. The molecule has 0 spiro atoms. The summed E-state index contributed by atoms with van der Waals surface area (Å²) in [6.45, 7) is 0.882. The van der Waals surface area contributed by atoms with Crippen LogP contribution < -0.4 is 5.32 Å². The highest BCUT2D eigenvalue weighted by Gasteiger charge is 2.45. The minimum absolute atomic E-state index is 0.164. The fourth-order valence-corrected chi connectivity index (χ4v) is 3.57. The van der Waals surface area contributed by atoms with Crippen LogP contribution in [-0.4, -0.2) is 33.7 Å². The minimum Gasteiger partial charge on any atom is -0.375 e. The Balaban J connectivity index is 1.68. The molecule has 1 aromatic carbocycles. The molecule has 0 unspecified atom stereocenters. The number of nitrogens with one attached hydrogen (secondary N) is 1. The number of fused-ring (bicyclic) bond motifs is 1. The van der Waals surface area contributed by atoms with Crippen molar-refractivity contribution in [3.8, 4) is 0 Å². The largest absolute Gasteiger partial charge is 0.375 e. The van der Waals surface area contributed by atoms with Gasteiger partial charge in [0.1, 0.15) is 16.2 Å². The maximum atomic E-state index is 12.5. The molecular formula is C15H14N4O2S. The summed E-state index contributed by atoms with van der Waals surface area (Å²) in [6, 6.07) is 7.96. The van der Waals surface area contributed by atoms with Gasteiger partial charge in [-0.3, -0.25) is 4.79 Å². The van der Waals surface area contributed by atoms with Gasteiger partial charge in [-0.2, -0.15) is 0 Å². The standard InChI is InChI=1S/C15H14N4O2S/c1-19-9-16-6-11(19)13(20)18-15(7-21-8-15)14-17-10-4-2-3-5-12(10)22-14/h2-6,9H,7-8H2,1H3,(H,18,20). The van der Waals surface area contributed by atoms with E-state index in [2.05, 4.69) is 15.3 Å². The molecule has 1 aliphatic heterocycles. The molecule has 3 aromatic rings. The van der Waals surface area contributed by atoms with Crippen molar-refractivity contribution in [2.45, 2.75) is 5.54 Å². The molecule has 0 saturated carbocycles. The van der Waals surface area contributed by atoms with Crippen molar-refractivity contribution >= 4 is 27.5 Å². The van der Waals surface area contributed by atoms with Crippen LogP contribution in [0.1, 0.15) is 15.5 Å². The summed E-state index contributed by atoms with van der Waals surface area (Å²) in [5, 5.41) is 3.96. The first-order valence-corrected chi connectivity index (χ1v) is 7.72. The quantitative estimate of drug-likeness (QED) is 0.799. The first-order chi connectivity index (χ1) is 10.7. The zero-order chi connectivity index (χ0) is 15.2. The van der Waals surface area contributed by atoms with Crippen LogP contribution in [0.25, 0.3) is 10.2 Å². The topological polar surface area (TPSA) is 69.0 Å². The molecule has 7 heteroatoms. The average Bonchev–Trinajstić information content (AvgIpc) is 3.08. The normalized spacial score (nSPS) is 16.4. The summed E-state index contributed by atoms with van der Waals surface area (Å²) in [6.07, 6.45) is 3.16. The predicted octanol–water partition coefficient (Wildman–Crippen LogP) is 1.69. The van der Waals surface area contributed by atoms with Gasteiger partial charge in [0.15, 0.2) is 0 Å². The summed E-state index contributed by atoms with van der Waals surface area (Å²) in [5.41, 5.74) is 0.932. The number of nitrogens with zero attached hydrogens (tertiary/aromatic N) is 3. The van der Waals surface area contributed by atoms with E-state index in [1.54, 1.807) is 35.5 Å². The van der Waals surface area contributed by atoms with Gasteiger partial charge in [-0.25, -0.2) is 9.97 Å². The van der Waals surface area contributed by atoms with E-state index in [1.807, 2.05) is 24.3 Å². The number of amides is 1. The van der Waals surface area contributed by atoms with Crippen molar-refractivity contribution in [2.24, 2.45) is 7.05 Å². The van der Waals surface area contributed by atoms with Crippen molar-refractivity contribution in [1.82, 2.24) is 19.9 Å². The van der Waals surface area contributed by atoms with Gasteiger partial charge in [0.25, 0.3) is 5.91 Å². The lowest BCUT2D eigenvalue weighted by Gasteiger charge is -2.40. The SMILES string of the molecule is Cn1cncc1C(=O)NC1(c2nc3ccccc3s2)COC1. The molecule has 1 aliphatic rings. The number of para-hydroxylation sites is 1. The van der Waals surface area contributed by atoms with Crippen molar-refractivity contribution < 1.29 is 9.53 Å². The predicted molar refractivity (Wildman–Crippen MR) is 82.8 cm³/mol. The van der Waals surface area contributed by atoms with Crippen LogP contribution in [0.3, 0.4) is 0 Å². The minimum atomic E-state index is -0.537. The van der Waals surface area contributed by atoms with Crippen molar-refractivity contribution in [3.05, 3.63) is 47.5 Å². The van der Waals surface area contributed by atoms with Crippen LogP contribution in [0, 0.1) is 0 Å². The monoisotopic (exact) mass is 314 g/mol. The van der Waals surface area contributed by atoms with E-state index in [1.165, 1.54) is 0 Å². The number of carbonyl (C=O) groups excluding carboxylic acids is 1. The Kier molecular flexibility index (Phi) is 2.98. The maximum Gasteiger partial charge on any atom is 0.270 e. The van der Waals surface area contributed by atoms with Gasteiger partial charge < -0.3 is 14.6 Å². The van der Waals surface area contributed by atoms with Crippen molar-refractivity contribution in [2.75, 3.05) is 13.2 Å². The Morgan fingerprint density at radius 1 is 1.41 bits per heavy atom. The van der Waals surface area contributed by atoms with Gasteiger partial charge in [-0.05, 0) is 12.1 Å². The van der Waals surface area contributed by atoms with Gasteiger partial charge in [-0.15, -0.1) is 11.3 Å². The molecule has 3 heterocycles. The number of ether oxygens (including phenoxy) is 1. The highest BCUT2D eigenvalue weighted by atomic mass is 32.1. The van der Waals surface area contributed by atoms with Gasteiger partial charge >= 0.3 is 0 Å². The average molecular weight is 314 g/mol. The first kappa shape index (κ1) is 13.4. The van der Waals surface area contributed by atoms with Crippen LogP contribution in [-0.2, 0) is 17.3 Å². The molecule has 2 aromatic heterocycles. The Hall–Kier alpha value is -2.25. The van der Waals surface area contributed by atoms with Crippen LogP contribution in [0.2, 0.25) is 0 Å². The zero-order valence-electron chi connectivity index (χ0n) is 11.9. The number of carbonyl (C=O) groups is 1. The van der Waals surface area contributed by atoms with Crippen molar-refractivity contribution in [3.63, 3.8) is 0 Å².